The predicted octanol–water partition coefficient (Wildman–Crippen LogP) is 4.80. The normalized spacial score (nSPS) is 10.4. The highest BCUT2D eigenvalue weighted by Gasteiger charge is 2.04. The quantitative estimate of drug-likeness (QED) is 0.733. The van der Waals surface area contributed by atoms with Gasteiger partial charge in [-0.1, -0.05) is 29.8 Å². The lowest BCUT2D eigenvalue weighted by atomic mass is 10.2. The van der Waals surface area contributed by atoms with Crippen LogP contribution < -0.4 is 4.74 Å². The molecule has 0 N–H and O–H groups in total. The van der Waals surface area contributed by atoms with E-state index in [4.69, 9.17) is 27.9 Å². The van der Waals surface area contributed by atoms with Crippen molar-refractivity contribution in [3.63, 3.8) is 0 Å². The molecule has 0 bridgehead atoms. The van der Waals surface area contributed by atoms with Crippen molar-refractivity contribution in [3.05, 3.63) is 64.4 Å². The van der Waals surface area contributed by atoms with Crippen LogP contribution in [0.15, 0.2) is 42.5 Å². The van der Waals surface area contributed by atoms with Crippen LogP contribution in [0.25, 0.3) is 0 Å². The van der Waals surface area contributed by atoms with Gasteiger partial charge in [-0.2, -0.15) is 0 Å². The lowest BCUT2D eigenvalue weighted by Gasteiger charge is -2.08. The number of halogens is 3. The Balaban J connectivity index is 2.04. The van der Waals surface area contributed by atoms with Gasteiger partial charge in [-0.25, -0.2) is 4.39 Å². The van der Waals surface area contributed by atoms with Crippen molar-refractivity contribution in [3.8, 4) is 5.75 Å². The van der Waals surface area contributed by atoms with Gasteiger partial charge in [0.25, 0.3) is 0 Å². The molecule has 94 valence electrons. The van der Waals surface area contributed by atoms with Gasteiger partial charge in [0.1, 0.15) is 6.61 Å². The Morgan fingerprint density at radius 1 is 1.00 bits per heavy atom. The Labute approximate surface area is 115 Å². The Morgan fingerprint density at radius 2 is 1.67 bits per heavy atom. The predicted molar refractivity (Wildman–Crippen MR) is 71.7 cm³/mol. The summed E-state index contributed by atoms with van der Waals surface area (Å²) in [4.78, 5) is 0. The average Bonchev–Trinajstić information content (AvgIpc) is 2.39. The van der Waals surface area contributed by atoms with Crippen LogP contribution in [0.4, 0.5) is 4.39 Å². The Kier molecular flexibility index (Phi) is 4.45. The lowest BCUT2D eigenvalue weighted by Crippen LogP contribution is -1.97. The van der Waals surface area contributed by atoms with Gasteiger partial charge in [-0.05, 0) is 35.4 Å². The summed E-state index contributed by atoms with van der Waals surface area (Å²) in [5.74, 6) is 0.106. The number of hydrogen-bond donors (Lipinski definition) is 0. The highest BCUT2D eigenvalue weighted by molar-refractivity contribution is 6.30. The summed E-state index contributed by atoms with van der Waals surface area (Å²) in [5.41, 5.74) is 1.66. The summed E-state index contributed by atoms with van der Waals surface area (Å²) in [6, 6.07) is 11.9. The molecule has 0 amide bonds. The molecule has 0 saturated heterocycles. The minimum Gasteiger partial charge on any atom is -0.486 e. The van der Waals surface area contributed by atoms with Crippen molar-refractivity contribution in [2.75, 3.05) is 0 Å². The van der Waals surface area contributed by atoms with E-state index in [1.807, 2.05) is 12.1 Å². The van der Waals surface area contributed by atoms with Gasteiger partial charge in [0.05, 0.1) is 0 Å². The number of ether oxygens (including phenoxy) is 1. The Bertz CT molecular complexity index is 526. The summed E-state index contributed by atoms with van der Waals surface area (Å²) in [5, 5.41) is 0.663. The van der Waals surface area contributed by atoms with Gasteiger partial charge >= 0.3 is 0 Å². The Morgan fingerprint density at radius 3 is 2.28 bits per heavy atom. The van der Waals surface area contributed by atoms with E-state index in [0.717, 1.165) is 11.1 Å². The molecule has 0 radical (unpaired) electrons. The van der Waals surface area contributed by atoms with E-state index >= 15 is 0 Å². The van der Waals surface area contributed by atoms with Crippen LogP contribution in [0, 0.1) is 5.82 Å². The number of benzene rings is 2. The number of rotatable bonds is 4. The SMILES string of the molecule is Fc1cc(CCl)ccc1OCc1ccc(Cl)cc1. The first-order valence-electron chi connectivity index (χ1n) is 5.40. The molecule has 2 aromatic carbocycles. The highest BCUT2D eigenvalue weighted by Crippen LogP contribution is 2.20. The minimum atomic E-state index is -0.401. The molecule has 2 rings (SSSR count). The molecule has 0 fully saturated rings. The molecule has 0 atom stereocenters. The second-order valence-electron chi connectivity index (χ2n) is 3.81. The zero-order chi connectivity index (χ0) is 13.0. The van der Waals surface area contributed by atoms with E-state index in [-0.39, 0.29) is 11.6 Å². The smallest absolute Gasteiger partial charge is 0.165 e. The summed E-state index contributed by atoms with van der Waals surface area (Å²) < 4.78 is 19.0. The van der Waals surface area contributed by atoms with E-state index in [0.29, 0.717) is 11.6 Å². The molecule has 0 saturated carbocycles. The third-order valence-electron chi connectivity index (χ3n) is 2.46. The molecule has 2 aromatic rings. The fourth-order valence-corrected chi connectivity index (χ4v) is 1.78. The standard InChI is InChI=1S/C14H11Cl2FO/c15-8-11-3-6-14(13(17)7-11)18-9-10-1-4-12(16)5-2-10/h1-7H,8-9H2. The van der Waals surface area contributed by atoms with E-state index < -0.39 is 5.82 Å². The molecule has 0 unspecified atom stereocenters. The molecule has 0 aliphatic rings. The monoisotopic (exact) mass is 284 g/mol. The summed E-state index contributed by atoms with van der Waals surface area (Å²) in [7, 11) is 0. The lowest BCUT2D eigenvalue weighted by molar-refractivity contribution is 0.290. The second-order valence-corrected chi connectivity index (χ2v) is 4.52. The van der Waals surface area contributed by atoms with Crippen LogP contribution in [-0.4, -0.2) is 0 Å². The molecular weight excluding hydrogens is 274 g/mol. The third-order valence-corrected chi connectivity index (χ3v) is 3.02. The van der Waals surface area contributed by atoms with E-state index in [9.17, 15) is 4.39 Å². The van der Waals surface area contributed by atoms with E-state index in [2.05, 4.69) is 0 Å². The largest absolute Gasteiger partial charge is 0.486 e. The van der Waals surface area contributed by atoms with Crippen LogP contribution in [0.2, 0.25) is 5.02 Å². The highest BCUT2D eigenvalue weighted by atomic mass is 35.5. The second kappa shape index (κ2) is 6.07. The first kappa shape index (κ1) is 13.2. The van der Waals surface area contributed by atoms with Crippen molar-refractivity contribution in [1.82, 2.24) is 0 Å². The maximum atomic E-state index is 13.6. The van der Waals surface area contributed by atoms with Crippen LogP contribution in [0.3, 0.4) is 0 Å². The van der Waals surface area contributed by atoms with Gasteiger partial charge in [0.15, 0.2) is 11.6 Å². The molecular formula is C14H11Cl2FO. The molecule has 0 aromatic heterocycles. The van der Waals surface area contributed by atoms with Crippen LogP contribution in [0.1, 0.15) is 11.1 Å². The maximum Gasteiger partial charge on any atom is 0.165 e. The fourth-order valence-electron chi connectivity index (χ4n) is 1.49. The van der Waals surface area contributed by atoms with E-state index in [1.165, 1.54) is 6.07 Å². The molecule has 0 spiro atoms. The fraction of sp³-hybridized carbons (Fsp3) is 0.143. The first-order chi connectivity index (χ1) is 8.69. The number of alkyl halides is 1. The molecule has 18 heavy (non-hydrogen) atoms. The Hall–Kier alpha value is -1.25. The van der Waals surface area contributed by atoms with Gasteiger partial charge in [0.2, 0.25) is 0 Å². The summed E-state index contributed by atoms with van der Waals surface area (Å²) in [6.45, 7) is 0.300. The minimum absolute atomic E-state index is 0.221. The van der Waals surface area contributed by atoms with Crippen molar-refractivity contribution in [1.29, 1.82) is 0 Å². The van der Waals surface area contributed by atoms with Crippen LogP contribution >= 0.6 is 23.2 Å². The zero-order valence-corrected chi connectivity index (χ0v) is 11.0. The molecule has 4 heteroatoms. The van der Waals surface area contributed by atoms with Crippen molar-refractivity contribution in [2.24, 2.45) is 0 Å². The van der Waals surface area contributed by atoms with E-state index in [1.54, 1.807) is 24.3 Å². The molecule has 0 aliphatic carbocycles. The average molecular weight is 285 g/mol. The maximum absolute atomic E-state index is 13.6. The van der Waals surface area contributed by atoms with Gasteiger partial charge in [0, 0.05) is 10.9 Å². The van der Waals surface area contributed by atoms with Gasteiger partial charge in [-0.15, -0.1) is 11.6 Å². The molecule has 1 nitrogen and oxygen atoms in total. The summed E-state index contributed by atoms with van der Waals surface area (Å²) in [6.07, 6.45) is 0. The van der Waals surface area contributed by atoms with Crippen molar-refractivity contribution < 1.29 is 9.13 Å². The molecule has 0 heterocycles. The third kappa shape index (κ3) is 3.37. The molecule has 0 aliphatic heterocycles. The first-order valence-corrected chi connectivity index (χ1v) is 6.32. The topological polar surface area (TPSA) is 9.23 Å². The van der Waals surface area contributed by atoms with Crippen LogP contribution in [0.5, 0.6) is 5.75 Å². The number of hydrogen-bond acceptors (Lipinski definition) is 1. The van der Waals surface area contributed by atoms with Crippen LogP contribution in [-0.2, 0) is 12.5 Å². The van der Waals surface area contributed by atoms with Gasteiger partial charge < -0.3 is 4.74 Å². The van der Waals surface area contributed by atoms with Gasteiger partial charge in [-0.3, -0.25) is 0 Å². The zero-order valence-electron chi connectivity index (χ0n) is 9.50. The van der Waals surface area contributed by atoms with Crippen molar-refractivity contribution in [2.45, 2.75) is 12.5 Å². The summed E-state index contributed by atoms with van der Waals surface area (Å²) >= 11 is 11.4. The van der Waals surface area contributed by atoms with Crippen molar-refractivity contribution >= 4 is 23.2 Å².